The predicted molar refractivity (Wildman–Crippen MR) is 135 cm³/mol. The number of oxime groups is 1. The Labute approximate surface area is 218 Å². The van der Waals surface area contributed by atoms with Gasteiger partial charge < -0.3 is 25.4 Å². The number of nitrogen functional groups attached to an aromatic ring is 1. The van der Waals surface area contributed by atoms with E-state index in [9.17, 15) is 19.5 Å². The van der Waals surface area contributed by atoms with E-state index in [1.165, 1.54) is 29.0 Å². The number of hydrogen-bond donors (Lipinski definition) is 3. The second kappa shape index (κ2) is 9.96. The molecule has 2 atom stereocenters. The van der Waals surface area contributed by atoms with Crippen LogP contribution < -0.4 is 15.6 Å². The van der Waals surface area contributed by atoms with Crippen molar-refractivity contribution in [1.82, 2.24) is 19.6 Å². The molecule has 0 aromatic carbocycles. The van der Waals surface area contributed by atoms with Crippen molar-refractivity contribution < 1.29 is 28.9 Å². The van der Waals surface area contributed by atoms with Crippen molar-refractivity contribution in [3.05, 3.63) is 59.3 Å². The van der Waals surface area contributed by atoms with Crippen molar-refractivity contribution in [2.24, 2.45) is 5.16 Å². The standard InChI is InChI=1S/C23H19N7O5S2/c1-2-8-35-27-16(15-12-37-23(24)25-15)19(31)26-17-20(32)30-18(22(33)34)13(11-36-21(17)30)9-28-6-7-29-5-3-4-14(29)10-28/h3-7,10,12,17,21H,9,11H2,1H3,(H3-,24,25,26,31,33,34)/p+1/b27-16-/t17-,21+/m1/s1. The molecule has 0 bridgehead atoms. The molecular weight excluding hydrogens is 518 g/mol. The van der Waals surface area contributed by atoms with Crippen molar-refractivity contribution >= 4 is 57.2 Å². The first-order chi connectivity index (χ1) is 17.9. The lowest BCUT2D eigenvalue weighted by atomic mass is 10.0. The highest BCUT2D eigenvalue weighted by molar-refractivity contribution is 8.00. The van der Waals surface area contributed by atoms with Gasteiger partial charge in [-0.15, -0.1) is 23.1 Å². The number of fused-ring (bicyclic) bond motifs is 2. The van der Waals surface area contributed by atoms with Gasteiger partial charge in [-0.05, 0) is 12.1 Å². The fourth-order valence-electron chi connectivity index (χ4n) is 4.07. The highest BCUT2D eigenvalue weighted by Gasteiger charge is 2.54. The summed E-state index contributed by atoms with van der Waals surface area (Å²) < 4.78 is 3.82. The van der Waals surface area contributed by atoms with Gasteiger partial charge >= 0.3 is 5.97 Å². The van der Waals surface area contributed by atoms with E-state index in [4.69, 9.17) is 10.6 Å². The molecule has 14 heteroatoms. The van der Waals surface area contributed by atoms with Crippen LogP contribution in [-0.2, 0) is 25.8 Å². The highest BCUT2D eigenvalue weighted by Crippen LogP contribution is 2.40. The van der Waals surface area contributed by atoms with Crippen LogP contribution in [0.2, 0.25) is 0 Å². The number of β-lactam (4-membered cyclic amide) rings is 1. The third-order valence-electron chi connectivity index (χ3n) is 5.70. The molecule has 188 valence electrons. The molecular formula is C23H20N7O5S2+. The van der Waals surface area contributed by atoms with Crippen LogP contribution in [0.4, 0.5) is 5.13 Å². The Morgan fingerprint density at radius 3 is 3.00 bits per heavy atom. The van der Waals surface area contributed by atoms with Gasteiger partial charge in [0.1, 0.15) is 34.4 Å². The molecule has 2 amide bonds. The summed E-state index contributed by atoms with van der Waals surface area (Å²) >= 11 is 2.49. The van der Waals surface area contributed by atoms with E-state index in [0.717, 1.165) is 16.9 Å². The fourth-order valence-corrected chi connectivity index (χ4v) is 5.95. The van der Waals surface area contributed by atoms with Gasteiger partial charge in [-0.3, -0.25) is 14.5 Å². The third kappa shape index (κ3) is 4.61. The number of aromatic nitrogens is 3. The molecule has 5 rings (SSSR count). The lowest BCUT2D eigenvalue weighted by molar-refractivity contribution is -0.688. The number of carboxylic acids is 1. The molecule has 0 spiro atoms. The summed E-state index contributed by atoms with van der Waals surface area (Å²) in [6, 6.07) is 2.91. The summed E-state index contributed by atoms with van der Waals surface area (Å²) in [7, 11) is 0. The maximum absolute atomic E-state index is 13.1. The van der Waals surface area contributed by atoms with Crippen molar-refractivity contribution in [1.29, 1.82) is 0 Å². The van der Waals surface area contributed by atoms with Gasteiger partial charge in [0.25, 0.3) is 11.8 Å². The maximum Gasteiger partial charge on any atom is 0.352 e. The van der Waals surface area contributed by atoms with E-state index in [0.29, 0.717) is 17.9 Å². The number of hydrogen-bond acceptors (Lipinski definition) is 9. The van der Waals surface area contributed by atoms with Crippen LogP contribution in [0.15, 0.2) is 58.7 Å². The van der Waals surface area contributed by atoms with Crippen LogP contribution in [0.1, 0.15) is 12.6 Å². The van der Waals surface area contributed by atoms with Crippen LogP contribution in [0.5, 0.6) is 0 Å². The maximum atomic E-state index is 13.1. The number of nitrogens with two attached hydrogens (primary N) is 1. The van der Waals surface area contributed by atoms with Crippen LogP contribution >= 0.6 is 23.1 Å². The average Bonchev–Trinajstić information content (AvgIpc) is 3.53. The number of carboxylic acid groups (broad SMARTS) is 1. The SMILES string of the molecule is CC#CO/N=C(\C(=O)N[C@@H]1C(=O)N2C(C(=O)O)=C(C[n+]3ccn4cccc4c3)CS[C@@H]12)c1csc(N)n1. The fraction of sp³-hybridized carbons (Fsp3) is 0.217. The number of aliphatic carboxylic acids is 1. The van der Waals surface area contributed by atoms with Crippen molar-refractivity contribution in [2.75, 3.05) is 11.5 Å². The number of nitrogens with one attached hydrogen (secondary N) is 1. The number of thioether (sulfide) groups is 1. The molecule has 2 aliphatic rings. The Morgan fingerprint density at radius 1 is 1.43 bits per heavy atom. The molecule has 4 N–H and O–H groups in total. The second-order valence-electron chi connectivity index (χ2n) is 8.01. The Hall–Kier alpha value is -4.35. The number of rotatable bonds is 7. The summed E-state index contributed by atoms with van der Waals surface area (Å²) in [6.45, 7) is 1.85. The number of thiazole rings is 1. The van der Waals surface area contributed by atoms with Gasteiger partial charge in [-0.2, -0.15) is 4.57 Å². The van der Waals surface area contributed by atoms with E-state index in [2.05, 4.69) is 27.5 Å². The van der Waals surface area contributed by atoms with Crippen LogP contribution in [-0.4, -0.2) is 60.1 Å². The zero-order valence-corrected chi connectivity index (χ0v) is 21.0. The lowest BCUT2D eigenvalue weighted by Crippen LogP contribution is -2.71. The molecule has 0 aliphatic carbocycles. The van der Waals surface area contributed by atoms with E-state index < -0.39 is 29.2 Å². The molecule has 1 saturated heterocycles. The summed E-state index contributed by atoms with van der Waals surface area (Å²) in [5.74, 6) is 0.418. The van der Waals surface area contributed by atoms with E-state index >= 15 is 0 Å². The lowest BCUT2D eigenvalue weighted by Gasteiger charge is -2.49. The molecule has 5 heterocycles. The van der Waals surface area contributed by atoms with Gasteiger partial charge in [0.15, 0.2) is 29.8 Å². The number of carbonyl (C=O) groups is 3. The van der Waals surface area contributed by atoms with Crippen LogP contribution in [0.3, 0.4) is 0 Å². The molecule has 3 aromatic heterocycles. The number of carbonyl (C=O) groups excluding carboxylic acids is 2. The smallest absolute Gasteiger partial charge is 0.352 e. The van der Waals surface area contributed by atoms with Crippen LogP contribution in [0.25, 0.3) is 5.52 Å². The van der Waals surface area contributed by atoms with E-state index in [1.807, 2.05) is 45.9 Å². The highest BCUT2D eigenvalue weighted by atomic mass is 32.2. The molecule has 0 radical (unpaired) electrons. The minimum Gasteiger partial charge on any atom is -0.477 e. The first kappa shape index (κ1) is 24.3. The summed E-state index contributed by atoms with van der Waals surface area (Å²) in [5, 5.41) is 17.5. The minimum absolute atomic E-state index is 0.0651. The molecule has 1 fully saturated rings. The zero-order valence-electron chi connectivity index (χ0n) is 19.3. The van der Waals surface area contributed by atoms with E-state index in [-0.39, 0.29) is 22.2 Å². The number of nitrogens with zero attached hydrogens (tertiary/aromatic N) is 5. The largest absolute Gasteiger partial charge is 0.477 e. The van der Waals surface area contributed by atoms with Crippen LogP contribution in [0, 0.1) is 12.0 Å². The first-order valence-electron chi connectivity index (χ1n) is 10.9. The number of amides is 2. The van der Waals surface area contributed by atoms with Crippen molar-refractivity contribution in [3.8, 4) is 12.0 Å². The predicted octanol–water partition coefficient (Wildman–Crippen LogP) is 0.406. The quantitative estimate of drug-likeness (QED) is 0.128. The topological polar surface area (TPSA) is 156 Å². The molecule has 0 unspecified atom stereocenters. The zero-order chi connectivity index (χ0) is 26.1. The Kier molecular flexibility index (Phi) is 6.55. The second-order valence-corrected chi connectivity index (χ2v) is 10.0. The van der Waals surface area contributed by atoms with Gasteiger partial charge in [0.05, 0.1) is 6.20 Å². The third-order valence-corrected chi connectivity index (χ3v) is 7.72. The Bertz CT molecular complexity index is 1550. The molecule has 3 aromatic rings. The Balaban J connectivity index is 1.36. The van der Waals surface area contributed by atoms with Crippen molar-refractivity contribution in [2.45, 2.75) is 24.9 Å². The molecule has 37 heavy (non-hydrogen) atoms. The Morgan fingerprint density at radius 2 is 2.27 bits per heavy atom. The molecule has 0 saturated carbocycles. The van der Waals surface area contributed by atoms with Crippen molar-refractivity contribution in [3.63, 3.8) is 0 Å². The number of anilines is 1. The minimum atomic E-state index is -1.20. The summed E-state index contributed by atoms with van der Waals surface area (Å²) in [4.78, 5) is 48.4. The van der Waals surface area contributed by atoms with E-state index in [1.54, 1.807) is 0 Å². The van der Waals surface area contributed by atoms with Gasteiger partial charge in [0, 0.05) is 29.8 Å². The summed E-state index contributed by atoms with van der Waals surface area (Å²) in [6.07, 6.45) is 9.81. The molecule has 12 nitrogen and oxygen atoms in total. The first-order valence-corrected chi connectivity index (χ1v) is 12.8. The van der Waals surface area contributed by atoms with Gasteiger partial charge in [-0.1, -0.05) is 11.1 Å². The van der Waals surface area contributed by atoms with Gasteiger partial charge in [-0.25, -0.2) is 9.78 Å². The normalized spacial score (nSPS) is 19.1. The summed E-state index contributed by atoms with van der Waals surface area (Å²) in [5.41, 5.74) is 7.14. The monoisotopic (exact) mass is 538 g/mol. The average molecular weight is 539 g/mol. The molecule has 2 aliphatic heterocycles. The van der Waals surface area contributed by atoms with Gasteiger partial charge in [0.2, 0.25) is 0 Å².